The molecule has 0 bridgehead atoms. The summed E-state index contributed by atoms with van der Waals surface area (Å²) in [6.07, 6.45) is 3.79. The lowest BCUT2D eigenvalue weighted by molar-refractivity contribution is -0.00214. The van der Waals surface area contributed by atoms with Crippen molar-refractivity contribution in [1.29, 1.82) is 0 Å². The number of methoxy groups -OCH3 is 1. The van der Waals surface area contributed by atoms with Gasteiger partial charge < -0.3 is 20.1 Å². The van der Waals surface area contributed by atoms with Gasteiger partial charge in [-0.05, 0) is 44.0 Å². The summed E-state index contributed by atoms with van der Waals surface area (Å²) in [5.41, 5.74) is 6.95. The van der Waals surface area contributed by atoms with Crippen molar-refractivity contribution < 1.29 is 13.9 Å². The van der Waals surface area contributed by atoms with E-state index in [1.807, 2.05) is 13.1 Å². The zero-order valence-electron chi connectivity index (χ0n) is 12.8. The summed E-state index contributed by atoms with van der Waals surface area (Å²) in [4.78, 5) is 2.16. The highest BCUT2D eigenvalue weighted by molar-refractivity contribution is 5.31. The lowest BCUT2D eigenvalue weighted by atomic mass is 10.1. The molecule has 2 N–H and O–H groups in total. The summed E-state index contributed by atoms with van der Waals surface area (Å²) >= 11 is 0. The Morgan fingerprint density at radius 1 is 1.48 bits per heavy atom. The van der Waals surface area contributed by atoms with Crippen LogP contribution < -0.4 is 10.5 Å². The van der Waals surface area contributed by atoms with E-state index in [0.717, 1.165) is 31.6 Å². The first kappa shape index (κ1) is 16.2. The normalized spacial score (nSPS) is 20.5. The van der Waals surface area contributed by atoms with Crippen LogP contribution in [0.5, 0.6) is 5.75 Å². The van der Waals surface area contributed by atoms with E-state index < -0.39 is 0 Å². The molecule has 1 fully saturated rings. The Morgan fingerprint density at radius 3 is 2.90 bits per heavy atom. The molecule has 1 heterocycles. The number of hydrogen-bond acceptors (Lipinski definition) is 4. The van der Waals surface area contributed by atoms with Gasteiger partial charge in [-0.25, -0.2) is 4.39 Å². The molecule has 1 aliphatic rings. The van der Waals surface area contributed by atoms with Crippen LogP contribution in [0.25, 0.3) is 0 Å². The number of rotatable bonds is 6. The summed E-state index contributed by atoms with van der Waals surface area (Å²) in [5.74, 6) is -0.126. The van der Waals surface area contributed by atoms with Gasteiger partial charge in [0.15, 0.2) is 11.6 Å². The van der Waals surface area contributed by atoms with Gasteiger partial charge >= 0.3 is 0 Å². The molecule has 0 spiro atoms. The molecule has 118 valence electrons. The molecule has 1 aliphatic heterocycles. The fourth-order valence-corrected chi connectivity index (χ4v) is 2.73. The fourth-order valence-electron chi connectivity index (χ4n) is 2.73. The molecule has 0 aliphatic carbocycles. The van der Waals surface area contributed by atoms with Crippen molar-refractivity contribution in [2.75, 3.05) is 33.9 Å². The number of likely N-dealkylation sites (N-methyl/N-ethyl adjacent to an activating group) is 1. The first-order valence-electron chi connectivity index (χ1n) is 7.49. The third-order valence-corrected chi connectivity index (χ3v) is 3.90. The molecule has 2 atom stereocenters. The zero-order chi connectivity index (χ0) is 15.2. The van der Waals surface area contributed by atoms with Crippen molar-refractivity contribution in [2.45, 2.75) is 31.4 Å². The summed E-state index contributed by atoms with van der Waals surface area (Å²) in [5, 5.41) is 0. The Kier molecular flexibility index (Phi) is 5.96. The molecular weight excluding hydrogens is 271 g/mol. The lowest BCUT2D eigenvalue weighted by Gasteiger charge is -2.29. The summed E-state index contributed by atoms with van der Waals surface area (Å²) in [7, 11) is 3.48. The van der Waals surface area contributed by atoms with E-state index >= 15 is 0 Å². The van der Waals surface area contributed by atoms with Crippen LogP contribution in [0.1, 0.15) is 30.9 Å². The zero-order valence-corrected chi connectivity index (χ0v) is 12.8. The van der Waals surface area contributed by atoms with Crippen molar-refractivity contribution >= 4 is 0 Å². The molecule has 21 heavy (non-hydrogen) atoms. The number of nitrogens with zero attached hydrogens (tertiary/aromatic N) is 1. The van der Waals surface area contributed by atoms with Gasteiger partial charge in [-0.15, -0.1) is 0 Å². The van der Waals surface area contributed by atoms with Gasteiger partial charge in [-0.2, -0.15) is 0 Å². The van der Waals surface area contributed by atoms with Gasteiger partial charge in [-0.1, -0.05) is 6.07 Å². The molecule has 0 saturated carbocycles. The van der Waals surface area contributed by atoms with Crippen LogP contribution in [0.15, 0.2) is 18.2 Å². The van der Waals surface area contributed by atoms with Crippen molar-refractivity contribution in [2.24, 2.45) is 5.73 Å². The summed E-state index contributed by atoms with van der Waals surface area (Å²) in [6.45, 7) is 2.40. The maximum absolute atomic E-state index is 13.7. The number of halogens is 1. The average Bonchev–Trinajstić information content (AvgIpc) is 2.48. The van der Waals surface area contributed by atoms with Crippen molar-refractivity contribution in [1.82, 2.24) is 4.90 Å². The molecule has 0 radical (unpaired) electrons. The fraction of sp³-hybridized carbons (Fsp3) is 0.625. The van der Waals surface area contributed by atoms with Crippen molar-refractivity contribution in [3.63, 3.8) is 0 Å². The molecule has 1 aromatic carbocycles. The first-order valence-corrected chi connectivity index (χ1v) is 7.49. The van der Waals surface area contributed by atoms with Crippen LogP contribution in [0, 0.1) is 5.82 Å². The van der Waals surface area contributed by atoms with Crippen LogP contribution in [-0.2, 0) is 4.74 Å². The molecule has 0 amide bonds. The van der Waals surface area contributed by atoms with Crippen molar-refractivity contribution in [3.05, 3.63) is 29.6 Å². The number of benzene rings is 1. The number of ether oxygens (including phenoxy) is 2. The van der Waals surface area contributed by atoms with E-state index in [1.54, 1.807) is 6.07 Å². The Bertz CT molecular complexity index is 450. The smallest absolute Gasteiger partial charge is 0.165 e. The second kappa shape index (κ2) is 7.73. The van der Waals surface area contributed by atoms with E-state index in [4.69, 9.17) is 15.2 Å². The van der Waals surface area contributed by atoms with E-state index in [2.05, 4.69) is 4.90 Å². The van der Waals surface area contributed by atoms with Crippen LogP contribution in [0.2, 0.25) is 0 Å². The molecule has 2 rings (SSSR count). The molecule has 1 saturated heterocycles. The minimum absolute atomic E-state index is 0.223. The highest BCUT2D eigenvalue weighted by atomic mass is 19.1. The third kappa shape index (κ3) is 4.66. The minimum Gasteiger partial charge on any atom is -0.494 e. The standard InChI is InChI=1S/C16H25FN2O2/c1-19(10-13-5-3-4-8-21-13)11-15(18)12-6-7-16(20-2)14(17)9-12/h6-7,9,13,15H,3-5,8,10-11,18H2,1-2H3. The average molecular weight is 296 g/mol. The van der Waals surface area contributed by atoms with Crippen LogP contribution in [-0.4, -0.2) is 44.9 Å². The number of nitrogens with two attached hydrogens (primary N) is 1. The summed E-state index contributed by atoms with van der Waals surface area (Å²) in [6, 6.07) is 4.67. The molecule has 1 aromatic rings. The molecular formula is C16H25FN2O2. The molecule has 5 heteroatoms. The highest BCUT2D eigenvalue weighted by Crippen LogP contribution is 2.21. The predicted molar refractivity (Wildman–Crippen MR) is 81.0 cm³/mol. The third-order valence-electron chi connectivity index (χ3n) is 3.90. The van der Waals surface area contributed by atoms with Crippen LogP contribution in [0.4, 0.5) is 4.39 Å². The van der Waals surface area contributed by atoms with Gasteiger partial charge in [0.05, 0.1) is 13.2 Å². The SMILES string of the molecule is COc1ccc(C(N)CN(C)CC2CCCCO2)cc1F. The highest BCUT2D eigenvalue weighted by Gasteiger charge is 2.18. The molecule has 4 nitrogen and oxygen atoms in total. The van der Waals surface area contributed by atoms with E-state index in [1.165, 1.54) is 19.6 Å². The maximum atomic E-state index is 13.7. The monoisotopic (exact) mass is 296 g/mol. The maximum Gasteiger partial charge on any atom is 0.165 e. The quantitative estimate of drug-likeness (QED) is 0.875. The Balaban J connectivity index is 1.87. The van der Waals surface area contributed by atoms with Crippen molar-refractivity contribution in [3.8, 4) is 5.75 Å². The van der Waals surface area contributed by atoms with Gasteiger partial charge in [0.25, 0.3) is 0 Å². The topological polar surface area (TPSA) is 47.7 Å². The van der Waals surface area contributed by atoms with Gasteiger partial charge in [0, 0.05) is 25.7 Å². The predicted octanol–water partition coefficient (Wildman–Crippen LogP) is 2.33. The Morgan fingerprint density at radius 2 is 2.29 bits per heavy atom. The summed E-state index contributed by atoms with van der Waals surface area (Å²) < 4.78 is 24.4. The van der Waals surface area contributed by atoms with E-state index in [9.17, 15) is 4.39 Å². The number of hydrogen-bond donors (Lipinski definition) is 1. The largest absolute Gasteiger partial charge is 0.494 e. The molecule has 0 aromatic heterocycles. The second-order valence-electron chi connectivity index (χ2n) is 5.71. The van der Waals surface area contributed by atoms with E-state index in [-0.39, 0.29) is 17.6 Å². The first-order chi connectivity index (χ1) is 10.1. The Hall–Kier alpha value is -1.17. The minimum atomic E-state index is -0.372. The Labute approximate surface area is 126 Å². The van der Waals surface area contributed by atoms with Crippen LogP contribution in [0.3, 0.4) is 0 Å². The van der Waals surface area contributed by atoms with Gasteiger partial charge in [0.2, 0.25) is 0 Å². The van der Waals surface area contributed by atoms with Crippen LogP contribution >= 0.6 is 0 Å². The van der Waals surface area contributed by atoms with Gasteiger partial charge in [-0.3, -0.25) is 0 Å². The molecule has 2 unspecified atom stereocenters. The van der Waals surface area contributed by atoms with E-state index in [0.29, 0.717) is 12.6 Å². The second-order valence-corrected chi connectivity index (χ2v) is 5.71. The van der Waals surface area contributed by atoms with Gasteiger partial charge in [0.1, 0.15) is 0 Å². The lowest BCUT2D eigenvalue weighted by Crippen LogP contribution is -2.37.